The van der Waals surface area contributed by atoms with Crippen LogP contribution in [0, 0.1) is 5.92 Å². The van der Waals surface area contributed by atoms with Crippen LogP contribution in [0.2, 0.25) is 0 Å². The molecule has 2 saturated heterocycles. The normalized spacial score (nSPS) is 23.4. The van der Waals surface area contributed by atoms with Crippen molar-refractivity contribution in [2.75, 3.05) is 31.9 Å². The second-order valence-electron chi connectivity index (χ2n) is 6.35. The lowest BCUT2D eigenvalue weighted by Crippen LogP contribution is -2.43. The number of piperidine rings is 1. The molecule has 2 heterocycles. The topological polar surface area (TPSA) is 49.6 Å². The molecule has 114 valence electrons. The first-order chi connectivity index (χ1) is 10.2. The molecule has 0 aliphatic carbocycles. The van der Waals surface area contributed by atoms with Gasteiger partial charge in [0.05, 0.1) is 5.92 Å². The number of hydrogen-bond acceptors (Lipinski definition) is 3. The van der Waals surface area contributed by atoms with Crippen molar-refractivity contribution in [2.45, 2.75) is 32.2 Å². The van der Waals surface area contributed by atoms with Gasteiger partial charge < -0.3 is 10.6 Å². The third-order valence-corrected chi connectivity index (χ3v) is 4.63. The second kappa shape index (κ2) is 6.48. The third kappa shape index (κ3) is 3.56. The summed E-state index contributed by atoms with van der Waals surface area (Å²) in [6, 6.07) is 8.06. The number of carbonyl (C=O) groups is 1. The fraction of sp³-hybridized carbons (Fsp3) is 0.588. The van der Waals surface area contributed by atoms with Crippen LogP contribution in [0.5, 0.6) is 0 Å². The van der Waals surface area contributed by atoms with Crippen LogP contribution >= 0.6 is 0 Å². The minimum absolute atomic E-state index is 0.193. The number of nitrogens with zero attached hydrogens (tertiary/aromatic N) is 2. The predicted molar refractivity (Wildman–Crippen MR) is 84.7 cm³/mol. The molecule has 0 radical (unpaired) electrons. The van der Waals surface area contributed by atoms with Crippen molar-refractivity contribution >= 4 is 11.6 Å². The van der Waals surface area contributed by atoms with E-state index < -0.39 is 0 Å². The number of nitrogens with two attached hydrogens (primary N) is 1. The average Bonchev–Trinajstić information content (AvgIpc) is 3.01. The zero-order chi connectivity index (χ0) is 14.7. The standard InChI is InChI=1S/C17H25N3O/c18-16-7-3-5-14(11-16)12-19-8-4-6-15(13-19)17(21)20-9-1-2-10-20/h3,5,7,11,15H,1-2,4,6,8-10,12-13,18H2. The first-order valence-corrected chi connectivity index (χ1v) is 8.08. The third-order valence-electron chi connectivity index (χ3n) is 4.63. The van der Waals surface area contributed by atoms with E-state index in [-0.39, 0.29) is 5.92 Å². The molecule has 2 N–H and O–H groups in total. The molecular formula is C17H25N3O. The van der Waals surface area contributed by atoms with Crippen LogP contribution in [0.3, 0.4) is 0 Å². The minimum Gasteiger partial charge on any atom is -0.399 e. The van der Waals surface area contributed by atoms with Crippen LogP contribution in [0.4, 0.5) is 5.69 Å². The number of likely N-dealkylation sites (tertiary alicyclic amines) is 2. The van der Waals surface area contributed by atoms with Crippen molar-refractivity contribution < 1.29 is 4.79 Å². The number of nitrogen functional groups attached to an aromatic ring is 1. The minimum atomic E-state index is 0.193. The molecule has 1 aromatic rings. The maximum absolute atomic E-state index is 12.5. The van der Waals surface area contributed by atoms with E-state index in [4.69, 9.17) is 5.73 Å². The van der Waals surface area contributed by atoms with Gasteiger partial charge in [-0.1, -0.05) is 12.1 Å². The lowest BCUT2D eigenvalue weighted by Gasteiger charge is -2.34. The number of amides is 1. The molecule has 2 aliphatic heterocycles. The molecule has 0 saturated carbocycles. The Bertz CT molecular complexity index is 497. The van der Waals surface area contributed by atoms with Crippen molar-refractivity contribution in [2.24, 2.45) is 5.92 Å². The summed E-state index contributed by atoms with van der Waals surface area (Å²) in [5.74, 6) is 0.572. The van der Waals surface area contributed by atoms with E-state index in [0.29, 0.717) is 5.91 Å². The summed E-state index contributed by atoms with van der Waals surface area (Å²) in [5.41, 5.74) is 7.90. The molecule has 3 rings (SSSR count). The highest BCUT2D eigenvalue weighted by molar-refractivity contribution is 5.79. The number of carbonyl (C=O) groups excluding carboxylic acids is 1. The van der Waals surface area contributed by atoms with E-state index >= 15 is 0 Å². The molecule has 0 bridgehead atoms. The zero-order valence-corrected chi connectivity index (χ0v) is 12.6. The Balaban J connectivity index is 1.59. The highest BCUT2D eigenvalue weighted by atomic mass is 16.2. The summed E-state index contributed by atoms with van der Waals surface area (Å²) >= 11 is 0. The van der Waals surface area contributed by atoms with Gasteiger partial charge in [-0.15, -0.1) is 0 Å². The van der Waals surface area contributed by atoms with Crippen LogP contribution in [0.1, 0.15) is 31.2 Å². The van der Waals surface area contributed by atoms with Crippen LogP contribution in [-0.2, 0) is 11.3 Å². The monoisotopic (exact) mass is 287 g/mol. The van der Waals surface area contributed by atoms with E-state index in [1.54, 1.807) is 0 Å². The van der Waals surface area contributed by atoms with Gasteiger partial charge in [0, 0.05) is 31.9 Å². The number of anilines is 1. The number of hydrogen-bond donors (Lipinski definition) is 1. The fourth-order valence-corrected chi connectivity index (χ4v) is 3.55. The Morgan fingerprint density at radius 2 is 2.00 bits per heavy atom. The van der Waals surface area contributed by atoms with E-state index in [2.05, 4.69) is 15.9 Å². The molecule has 1 unspecified atom stereocenters. The van der Waals surface area contributed by atoms with E-state index in [9.17, 15) is 4.79 Å². The largest absolute Gasteiger partial charge is 0.399 e. The maximum atomic E-state index is 12.5. The molecule has 1 atom stereocenters. The first-order valence-electron chi connectivity index (χ1n) is 8.08. The molecular weight excluding hydrogens is 262 g/mol. The van der Waals surface area contributed by atoms with Gasteiger partial charge in [0.1, 0.15) is 0 Å². The van der Waals surface area contributed by atoms with E-state index in [0.717, 1.165) is 51.3 Å². The molecule has 1 amide bonds. The zero-order valence-electron chi connectivity index (χ0n) is 12.6. The van der Waals surface area contributed by atoms with Gasteiger partial charge in [-0.3, -0.25) is 9.69 Å². The SMILES string of the molecule is Nc1cccc(CN2CCCC(C(=O)N3CCCC3)C2)c1. The van der Waals surface area contributed by atoms with Crippen molar-refractivity contribution in [3.05, 3.63) is 29.8 Å². The molecule has 2 fully saturated rings. The second-order valence-corrected chi connectivity index (χ2v) is 6.35. The molecule has 4 heteroatoms. The Hall–Kier alpha value is -1.55. The van der Waals surface area contributed by atoms with E-state index in [1.165, 1.54) is 18.4 Å². The van der Waals surface area contributed by atoms with Crippen molar-refractivity contribution in [1.82, 2.24) is 9.80 Å². The molecule has 0 spiro atoms. The summed E-state index contributed by atoms with van der Waals surface area (Å²) in [4.78, 5) is 17.0. The Morgan fingerprint density at radius 3 is 2.76 bits per heavy atom. The van der Waals surface area contributed by atoms with Crippen LogP contribution < -0.4 is 5.73 Å². The average molecular weight is 287 g/mol. The van der Waals surface area contributed by atoms with Gasteiger partial charge in [0.25, 0.3) is 0 Å². The molecule has 2 aliphatic rings. The molecule has 4 nitrogen and oxygen atoms in total. The van der Waals surface area contributed by atoms with E-state index in [1.807, 2.05) is 18.2 Å². The van der Waals surface area contributed by atoms with Crippen molar-refractivity contribution in [3.63, 3.8) is 0 Å². The van der Waals surface area contributed by atoms with Crippen LogP contribution in [-0.4, -0.2) is 41.9 Å². The van der Waals surface area contributed by atoms with Gasteiger partial charge in [0.15, 0.2) is 0 Å². The summed E-state index contributed by atoms with van der Waals surface area (Å²) < 4.78 is 0. The van der Waals surface area contributed by atoms with Gasteiger partial charge >= 0.3 is 0 Å². The number of benzene rings is 1. The smallest absolute Gasteiger partial charge is 0.226 e. The predicted octanol–water partition coefficient (Wildman–Crippen LogP) is 2.10. The lowest BCUT2D eigenvalue weighted by molar-refractivity contribution is -0.136. The highest BCUT2D eigenvalue weighted by Crippen LogP contribution is 2.22. The van der Waals surface area contributed by atoms with Gasteiger partial charge in [0.2, 0.25) is 5.91 Å². The van der Waals surface area contributed by atoms with Crippen molar-refractivity contribution in [3.8, 4) is 0 Å². The first kappa shape index (κ1) is 14.4. The maximum Gasteiger partial charge on any atom is 0.226 e. The summed E-state index contributed by atoms with van der Waals surface area (Å²) in [7, 11) is 0. The van der Waals surface area contributed by atoms with Crippen molar-refractivity contribution in [1.29, 1.82) is 0 Å². The van der Waals surface area contributed by atoms with Gasteiger partial charge in [-0.05, 0) is 49.9 Å². The fourth-order valence-electron chi connectivity index (χ4n) is 3.55. The lowest BCUT2D eigenvalue weighted by atomic mass is 9.96. The molecule has 0 aromatic heterocycles. The molecule has 1 aromatic carbocycles. The van der Waals surface area contributed by atoms with Crippen LogP contribution in [0.25, 0.3) is 0 Å². The Kier molecular flexibility index (Phi) is 4.44. The quantitative estimate of drug-likeness (QED) is 0.866. The Morgan fingerprint density at radius 1 is 1.19 bits per heavy atom. The van der Waals surface area contributed by atoms with Gasteiger partial charge in [-0.2, -0.15) is 0 Å². The van der Waals surface area contributed by atoms with Crippen LogP contribution in [0.15, 0.2) is 24.3 Å². The summed E-state index contributed by atoms with van der Waals surface area (Å²) in [6.07, 6.45) is 4.51. The van der Waals surface area contributed by atoms with Gasteiger partial charge in [-0.25, -0.2) is 0 Å². The molecule has 21 heavy (non-hydrogen) atoms. The number of rotatable bonds is 3. The summed E-state index contributed by atoms with van der Waals surface area (Å²) in [5, 5.41) is 0. The Labute approximate surface area is 126 Å². The summed E-state index contributed by atoms with van der Waals surface area (Å²) in [6.45, 7) is 4.80. The highest BCUT2D eigenvalue weighted by Gasteiger charge is 2.30.